The van der Waals surface area contributed by atoms with Gasteiger partial charge in [0.15, 0.2) is 0 Å². The third-order valence-corrected chi connectivity index (χ3v) is 5.40. The molecule has 1 atom stereocenters. The van der Waals surface area contributed by atoms with Crippen LogP contribution in [0.2, 0.25) is 0 Å². The lowest BCUT2D eigenvalue weighted by molar-refractivity contribution is 0.210. The molecule has 4 rings (SSSR count). The quantitative estimate of drug-likeness (QED) is 0.898. The Kier molecular flexibility index (Phi) is 4.89. The van der Waals surface area contributed by atoms with Crippen LogP contribution in [0.1, 0.15) is 19.3 Å². The number of hydrogen-bond donors (Lipinski definition) is 1. The van der Waals surface area contributed by atoms with Crippen molar-refractivity contribution in [3.8, 4) is 11.1 Å². The number of amides is 2. The van der Waals surface area contributed by atoms with Gasteiger partial charge >= 0.3 is 6.03 Å². The zero-order valence-corrected chi connectivity index (χ0v) is 14.8. The molecule has 26 heavy (non-hydrogen) atoms. The van der Waals surface area contributed by atoms with Gasteiger partial charge in [0.25, 0.3) is 0 Å². The number of nitrogens with one attached hydrogen (secondary N) is 1. The molecule has 0 spiro atoms. The van der Waals surface area contributed by atoms with Crippen LogP contribution in [0.3, 0.4) is 0 Å². The molecule has 2 aromatic rings. The molecule has 2 aliphatic rings. The molecule has 0 aliphatic carbocycles. The lowest BCUT2D eigenvalue weighted by Gasteiger charge is -2.23. The Balaban J connectivity index is 1.40. The van der Waals surface area contributed by atoms with Gasteiger partial charge < -0.3 is 10.2 Å². The molecule has 4 nitrogen and oxygen atoms in total. The molecular weight excluding hydrogens is 329 g/mol. The van der Waals surface area contributed by atoms with E-state index in [1.165, 1.54) is 38.1 Å². The number of anilines is 1. The van der Waals surface area contributed by atoms with Gasteiger partial charge in [-0.05, 0) is 67.7 Å². The molecule has 0 radical (unpaired) electrons. The molecule has 1 N–H and O–H groups in total. The summed E-state index contributed by atoms with van der Waals surface area (Å²) in [7, 11) is 0. The Hall–Kier alpha value is -2.40. The van der Waals surface area contributed by atoms with Gasteiger partial charge in [-0.2, -0.15) is 0 Å². The number of rotatable bonds is 3. The van der Waals surface area contributed by atoms with E-state index in [1.54, 1.807) is 12.1 Å². The molecule has 2 fully saturated rings. The van der Waals surface area contributed by atoms with E-state index < -0.39 is 0 Å². The van der Waals surface area contributed by atoms with E-state index in [-0.39, 0.29) is 11.8 Å². The van der Waals surface area contributed by atoms with E-state index >= 15 is 0 Å². The van der Waals surface area contributed by atoms with E-state index in [1.807, 2.05) is 29.2 Å². The van der Waals surface area contributed by atoms with Gasteiger partial charge in [0.1, 0.15) is 5.82 Å². The zero-order valence-electron chi connectivity index (χ0n) is 14.8. The van der Waals surface area contributed by atoms with Gasteiger partial charge in [-0.1, -0.05) is 24.3 Å². The first-order valence-corrected chi connectivity index (χ1v) is 9.35. The van der Waals surface area contributed by atoms with Gasteiger partial charge in [-0.15, -0.1) is 0 Å². The summed E-state index contributed by atoms with van der Waals surface area (Å²) in [5, 5.41) is 3.01. The highest BCUT2D eigenvalue weighted by molar-refractivity contribution is 5.90. The minimum atomic E-state index is -0.250. The zero-order chi connectivity index (χ0) is 17.9. The molecule has 0 bridgehead atoms. The summed E-state index contributed by atoms with van der Waals surface area (Å²) < 4.78 is 13.1. The second kappa shape index (κ2) is 7.46. The largest absolute Gasteiger partial charge is 0.323 e. The summed E-state index contributed by atoms with van der Waals surface area (Å²) in [6, 6.07) is 14.5. The molecule has 2 amide bonds. The minimum Gasteiger partial charge on any atom is -0.323 e. The van der Waals surface area contributed by atoms with E-state index in [9.17, 15) is 9.18 Å². The van der Waals surface area contributed by atoms with Crippen LogP contribution >= 0.6 is 0 Å². The second-order valence-electron chi connectivity index (χ2n) is 7.15. The van der Waals surface area contributed by atoms with Gasteiger partial charge in [-0.3, -0.25) is 4.90 Å². The number of urea groups is 1. The number of carbonyl (C=O) groups is 1. The first-order chi connectivity index (χ1) is 12.7. The summed E-state index contributed by atoms with van der Waals surface area (Å²) in [6.45, 7) is 3.95. The number of nitrogens with zero attached hydrogens (tertiary/aromatic N) is 2. The van der Waals surface area contributed by atoms with Crippen molar-refractivity contribution >= 4 is 11.7 Å². The lowest BCUT2D eigenvalue weighted by Crippen LogP contribution is -2.38. The van der Waals surface area contributed by atoms with Crippen LogP contribution in [0.15, 0.2) is 48.5 Å². The highest BCUT2D eigenvalue weighted by atomic mass is 19.1. The van der Waals surface area contributed by atoms with Crippen LogP contribution in [0.5, 0.6) is 0 Å². The lowest BCUT2D eigenvalue weighted by atomic mass is 10.1. The Morgan fingerprint density at radius 2 is 1.77 bits per heavy atom. The summed E-state index contributed by atoms with van der Waals surface area (Å²) in [5.74, 6) is -0.250. The van der Waals surface area contributed by atoms with Crippen molar-refractivity contribution in [1.29, 1.82) is 0 Å². The SMILES string of the molecule is O=C(Nc1cccc(-c2ccc(F)cc2)c1)N1CC[C@@H](N2CCCC2)C1. The van der Waals surface area contributed by atoms with Gasteiger partial charge in [0.05, 0.1) is 0 Å². The second-order valence-corrected chi connectivity index (χ2v) is 7.15. The van der Waals surface area contributed by atoms with Crippen LogP contribution < -0.4 is 5.32 Å². The third kappa shape index (κ3) is 3.73. The van der Waals surface area contributed by atoms with Crippen LogP contribution in [0.25, 0.3) is 11.1 Å². The number of likely N-dealkylation sites (tertiary alicyclic amines) is 2. The van der Waals surface area contributed by atoms with Crippen LogP contribution in [0.4, 0.5) is 14.9 Å². The van der Waals surface area contributed by atoms with E-state index in [2.05, 4.69) is 10.2 Å². The topological polar surface area (TPSA) is 35.6 Å². The van der Waals surface area contributed by atoms with Crippen molar-refractivity contribution in [1.82, 2.24) is 9.80 Å². The Bertz CT molecular complexity index is 771. The van der Waals surface area contributed by atoms with Crippen LogP contribution in [-0.2, 0) is 0 Å². The predicted molar refractivity (Wildman–Crippen MR) is 102 cm³/mol. The third-order valence-electron chi connectivity index (χ3n) is 5.40. The number of halogens is 1. The van der Waals surface area contributed by atoms with Crippen molar-refractivity contribution in [2.24, 2.45) is 0 Å². The van der Waals surface area contributed by atoms with E-state index in [0.717, 1.165) is 36.3 Å². The number of hydrogen-bond acceptors (Lipinski definition) is 2. The maximum atomic E-state index is 13.1. The normalized spacial score (nSPS) is 20.5. The summed E-state index contributed by atoms with van der Waals surface area (Å²) >= 11 is 0. The maximum Gasteiger partial charge on any atom is 0.321 e. The molecule has 5 heteroatoms. The van der Waals surface area contributed by atoms with Gasteiger partial charge in [0, 0.05) is 24.8 Å². The molecule has 2 saturated heterocycles. The van der Waals surface area contributed by atoms with E-state index in [0.29, 0.717) is 6.04 Å². The molecule has 0 saturated carbocycles. The molecule has 0 unspecified atom stereocenters. The molecule has 2 aliphatic heterocycles. The number of carbonyl (C=O) groups excluding carboxylic acids is 1. The Morgan fingerprint density at radius 1 is 1.00 bits per heavy atom. The van der Waals surface area contributed by atoms with Crippen LogP contribution in [-0.4, -0.2) is 48.1 Å². The highest BCUT2D eigenvalue weighted by Crippen LogP contribution is 2.24. The summed E-state index contributed by atoms with van der Waals surface area (Å²) in [6.07, 6.45) is 3.61. The van der Waals surface area contributed by atoms with Crippen LogP contribution in [0, 0.1) is 5.82 Å². The minimum absolute atomic E-state index is 0.0389. The Morgan fingerprint density at radius 3 is 2.54 bits per heavy atom. The van der Waals surface area contributed by atoms with Crippen molar-refractivity contribution < 1.29 is 9.18 Å². The molecule has 2 heterocycles. The summed E-state index contributed by atoms with van der Waals surface area (Å²) in [5.41, 5.74) is 2.65. The fourth-order valence-electron chi connectivity index (χ4n) is 3.95. The fourth-order valence-corrected chi connectivity index (χ4v) is 3.95. The monoisotopic (exact) mass is 353 g/mol. The van der Waals surface area contributed by atoms with Gasteiger partial charge in [-0.25, -0.2) is 9.18 Å². The van der Waals surface area contributed by atoms with Crippen molar-refractivity contribution in [3.63, 3.8) is 0 Å². The number of benzene rings is 2. The van der Waals surface area contributed by atoms with Gasteiger partial charge in [0.2, 0.25) is 0 Å². The molecule has 136 valence electrons. The standard InChI is InChI=1S/C21H24FN3O/c22-18-8-6-16(7-9-18)17-4-3-5-19(14-17)23-21(26)25-13-10-20(15-25)24-11-1-2-12-24/h3-9,14,20H,1-2,10-13,15H2,(H,23,26)/t20-/m1/s1. The first kappa shape index (κ1) is 17.0. The fraction of sp³-hybridized carbons (Fsp3) is 0.381. The predicted octanol–water partition coefficient (Wildman–Crippen LogP) is 4.19. The molecule has 2 aromatic carbocycles. The average molecular weight is 353 g/mol. The van der Waals surface area contributed by atoms with Crippen molar-refractivity contribution in [2.75, 3.05) is 31.5 Å². The molecular formula is C21H24FN3O. The van der Waals surface area contributed by atoms with E-state index in [4.69, 9.17) is 0 Å². The summed E-state index contributed by atoms with van der Waals surface area (Å²) in [4.78, 5) is 17.0. The maximum absolute atomic E-state index is 13.1. The smallest absolute Gasteiger partial charge is 0.321 e. The van der Waals surface area contributed by atoms with Crippen molar-refractivity contribution in [2.45, 2.75) is 25.3 Å². The average Bonchev–Trinajstić information content (AvgIpc) is 3.34. The molecule has 0 aromatic heterocycles. The first-order valence-electron chi connectivity index (χ1n) is 9.35. The highest BCUT2D eigenvalue weighted by Gasteiger charge is 2.31. The Labute approximate surface area is 153 Å². The van der Waals surface area contributed by atoms with Crippen molar-refractivity contribution in [3.05, 3.63) is 54.3 Å².